The molecule has 112 valence electrons. The van der Waals surface area contributed by atoms with E-state index in [2.05, 4.69) is 6.07 Å². The number of rotatable bonds is 6. The van der Waals surface area contributed by atoms with E-state index in [0.717, 1.165) is 29.2 Å². The van der Waals surface area contributed by atoms with Crippen LogP contribution in [-0.4, -0.2) is 13.7 Å². The van der Waals surface area contributed by atoms with Crippen molar-refractivity contribution >= 4 is 23.2 Å². The van der Waals surface area contributed by atoms with Gasteiger partial charge in [0.15, 0.2) is 0 Å². The lowest BCUT2D eigenvalue weighted by Crippen LogP contribution is -2.19. The number of ether oxygens (including phenoxy) is 1. The first-order valence-electron chi connectivity index (χ1n) is 6.89. The molecule has 0 radical (unpaired) electrons. The van der Waals surface area contributed by atoms with Crippen LogP contribution in [0, 0.1) is 5.92 Å². The quantitative estimate of drug-likeness (QED) is 0.857. The Kier molecular flexibility index (Phi) is 5.92. The second-order valence-corrected chi connectivity index (χ2v) is 5.94. The lowest BCUT2D eigenvalue weighted by Gasteiger charge is -2.16. The van der Waals surface area contributed by atoms with Crippen molar-refractivity contribution in [3.63, 3.8) is 0 Å². The molecule has 0 saturated heterocycles. The molecule has 0 aliphatic heterocycles. The summed E-state index contributed by atoms with van der Waals surface area (Å²) in [5.74, 6) is 1.18. The Bertz CT molecular complexity index is 601. The predicted octanol–water partition coefficient (Wildman–Crippen LogP) is 4.36. The maximum atomic E-state index is 6.23. The van der Waals surface area contributed by atoms with Crippen LogP contribution < -0.4 is 10.5 Å². The van der Waals surface area contributed by atoms with Gasteiger partial charge in [-0.25, -0.2) is 0 Å². The molecule has 0 amide bonds. The molecular formula is C17H19Cl2NO. The SMILES string of the molecule is COc1cccc(CC(CN)Cc2cc(Cl)ccc2Cl)c1. The molecule has 1 unspecified atom stereocenters. The van der Waals surface area contributed by atoms with Crippen molar-refractivity contribution < 1.29 is 4.74 Å². The molecule has 2 N–H and O–H groups in total. The van der Waals surface area contributed by atoms with Crippen molar-refractivity contribution in [3.05, 3.63) is 63.6 Å². The average molecular weight is 324 g/mol. The van der Waals surface area contributed by atoms with Gasteiger partial charge in [-0.3, -0.25) is 0 Å². The van der Waals surface area contributed by atoms with Gasteiger partial charge in [0.2, 0.25) is 0 Å². The van der Waals surface area contributed by atoms with Gasteiger partial charge in [-0.1, -0.05) is 35.3 Å². The molecule has 0 bridgehead atoms. The van der Waals surface area contributed by atoms with Gasteiger partial charge in [0.05, 0.1) is 7.11 Å². The third kappa shape index (κ3) is 4.63. The number of benzene rings is 2. The Balaban J connectivity index is 2.10. The number of hydrogen-bond donors (Lipinski definition) is 1. The highest BCUT2D eigenvalue weighted by Crippen LogP contribution is 2.25. The third-order valence-electron chi connectivity index (χ3n) is 3.51. The fourth-order valence-corrected chi connectivity index (χ4v) is 2.77. The van der Waals surface area contributed by atoms with Gasteiger partial charge in [0.25, 0.3) is 0 Å². The summed E-state index contributed by atoms with van der Waals surface area (Å²) in [6.45, 7) is 0.597. The Morgan fingerprint density at radius 2 is 1.90 bits per heavy atom. The van der Waals surface area contributed by atoms with Crippen LogP contribution in [-0.2, 0) is 12.8 Å². The fraction of sp³-hybridized carbons (Fsp3) is 0.294. The molecule has 2 rings (SSSR count). The second kappa shape index (κ2) is 7.69. The first kappa shape index (κ1) is 16.2. The Morgan fingerprint density at radius 3 is 2.62 bits per heavy atom. The van der Waals surface area contributed by atoms with E-state index in [9.17, 15) is 0 Å². The Hall–Kier alpha value is -1.22. The van der Waals surface area contributed by atoms with E-state index < -0.39 is 0 Å². The highest BCUT2D eigenvalue weighted by atomic mass is 35.5. The van der Waals surface area contributed by atoms with E-state index in [-0.39, 0.29) is 0 Å². The lowest BCUT2D eigenvalue weighted by molar-refractivity contribution is 0.413. The van der Waals surface area contributed by atoms with E-state index >= 15 is 0 Å². The van der Waals surface area contributed by atoms with Crippen LogP contribution in [0.5, 0.6) is 5.75 Å². The van der Waals surface area contributed by atoms with E-state index in [1.807, 2.05) is 30.3 Å². The van der Waals surface area contributed by atoms with Gasteiger partial charge in [0.1, 0.15) is 5.75 Å². The predicted molar refractivity (Wildman–Crippen MR) is 89.4 cm³/mol. The number of hydrogen-bond acceptors (Lipinski definition) is 2. The van der Waals surface area contributed by atoms with Gasteiger partial charge in [-0.2, -0.15) is 0 Å². The minimum absolute atomic E-state index is 0.313. The third-order valence-corrected chi connectivity index (χ3v) is 4.11. The lowest BCUT2D eigenvalue weighted by atomic mass is 9.92. The molecule has 0 aliphatic rings. The van der Waals surface area contributed by atoms with Crippen molar-refractivity contribution in [1.82, 2.24) is 0 Å². The standard InChI is InChI=1S/C17H19Cl2NO/c1-21-16-4-2-3-12(9-16)7-13(11-20)8-14-10-15(18)5-6-17(14)19/h2-6,9-10,13H,7-8,11,20H2,1H3. The monoisotopic (exact) mass is 323 g/mol. The van der Waals surface area contributed by atoms with Crippen molar-refractivity contribution in [1.29, 1.82) is 0 Å². The van der Waals surface area contributed by atoms with Gasteiger partial charge in [0, 0.05) is 10.0 Å². The molecule has 4 heteroatoms. The molecule has 1 atom stereocenters. The summed E-state index contributed by atoms with van der Waals surface area (Å²) in [5.41, 5.74) is 8.17. The van der Waals surface area contributed by atoms with Crippen molar-refractivity contribution in [2.24, 2.45) is 11.7 Å². The molecular weight excluding hydrogens is 305 g/mol. The highest BCUT2D eigenvalue weighted by molar-refractivity contribution is 6.33. The summed E-state index contributed by atoms with van der Waals surface area (Å²) in [4.78, 5) is 0. The Labute approximate surface area is 135 Å². The van der Waals surface area contributed by atoms with E-state index in [1.54, 1.807) is 13.2 Å². The molecule has 0 spiro atoms. The molecule has 0 aromatic heterocycles. The zero-order chi connectivity index (χ0) is 15.2. The zero-order valence-electron chi connectivity index (χ0n) is 12.0. The molecule has 2 aromatic carbocycles. The average Bonchev–Trinajstić information content (AvgIpc) is 2.50. The molecule has 0 aliphatic carbocycles. The zero-order valence-corrected chi connectivity index (χ0v) is 13.5. The first-order valence-corrected chi connectivity index (χ1v) is 7.65. The largest absolute Gasteiger partial charge is 0.497 e. The van der Waals surface area contributed by atoms with Crippen LogP contribution in [0.25, 0.3) is 0 Å². The van der Waals surface area contributed by atoms with Crippen molar-refractivity contribution in [3.8, 4) is 5.75 Å². The first-order chi connectivity index (χ1) is 10.1. The summed E-state index contributed by atoms with van der Waals surface area (Å²) in [6, 6.07) is 13.6. The van der Waals surface area contributed by atoms with E-state index in [0.29, 0.717) is 17.5 Å². The Morgan fingerprint density at radius 1 is 1.10 bits per heavy atom. The van der Waals surface area contributed by atoms with Crippen LogP contribution in [0.15, 0.2) is 42.5 Å². The van der Waals surface area contributed by atoms with Crippen LogP contribution in [0.4, 0.5) is 0 Å². The van der Waals surface area contributed by atoms with Crippen LogP contribution in [0.1, 0.15) is 11.1 Å². The fourth-order valence-electron chi connectivity index (χ4n) is 2.38. The molecule has 21 heavy (non-hydrogen) atoms. The van der Waals surface area contributed by atoms with Crippen molar-refractivity contribution in [2.45, 2.75) is 12.8 Å². The summed E-state index contributed by atoms with van der Waals surface area (Å²) >= 11 is 12.3. The maximum Gasteiger partial charge on any atom is 0.119 e. The minimum Gasteiger partial charge on any atom is -0.497 e. The topological polar surface area (TPSA) is 35.2 Å². The normalized spacial score (nSPS) is 12.2. The van der Waals surface area contributed by atoms with Crippen LogP contribution in [0.2, 0.25) is 10.0 Å². The number of nitrogens with two attached hydrogens (primary N) is 1. The van der Waals surface area contributed by atoms with Crippen LogP contribution in [0.3, 0.4) is 0 Å². The smallest absolute Gasteiger partial charge is 0.119 e. The second-order valence-electron chi connectivity index (χ2n) is 5.10. The molecule has 0 fully saturated rings. The minimum atomic E-state index is 0.313. The summed E-state index contributed by atoms with van der Waals surface area (Å²) in [5, 5.41) is 1.44. The van der Waals surface area contributed by atoms with Crippen LogP contribution >= 0.6 is 23.2 Å². The van der Waals surface area contributed by atoms with Crippen molar-refractivity contribution in [2.75, 3.05) is 13.7 Å². The summed E-state index contributed by atoms with van der Waals surface area (Å²) < 4.78 is 5.25. The number of halogens is 2. The van der Waals surface area contributed by atoms with Gasteiger partial charge in [-0.05, 0) is 66.8 Å². The number of methoxy groups -OCH3 is 1. The molecule has 0 heterocycles. The van der Waals surface area contributed by atoms with Gasteiger partial charge < -0.3 is 10.5 Å². The highest BCUT2D eigenvalue weighted by Gasteiger charge is 2.12. The van der Waals surface area contributed by atoms with Gasteiger partial charge in [-0.15, -0.1) is 0 Å². The van der Waals surface area contributed by atoms with Gasteiger partial charge >= 0.3 is 0 Å². The molecule has 2 aromatic rings. The molecule has 2 nitrogen and oxygen atoms in total. The molecule has 0 saturated carbocycles. The summed E-state index contributed by atoms with van der Waals surface area (Å²) in [7, 11) is 1.67. The summed E-state index contributed by atoms with van der Waals surface area (Å²) in [6.07, 6.45) is 1.70. The maximum absolute atomic E-state index is 6.23. The van der Waals surface area contributed by atoms with E-state index in [4.69, 9.17) is 33.7 Å². The van der Waals surface area contributed by atoms with E-state index in [1.165, 1.54) is 5.56 Å².